The summed E-state index contributed by atoms with van der Waals surface area (Å²) in [4.78, 5) is 10.6. The first kappa shape index (κ1) is 10.4. The largest absolute Gasteiger partial charge is 0.369 e. The predicted molar refractivity (Wildman–Crippen MR) is 66.8 cm³/mol. The van der Waals surface area contributed by atoms with Gasteiger partial charge in [0.1, 0.15) is 0 Å². The van der Waals surface area contributed by atoms with Gasteiger partial charge < -0.3 is 5.73 Å². The van der Waals surface area contributed by atoms with Crippen molar-refractivity contribution in [2.24, 2.45) is 5.73 Å². The molecule has 2 rings (SSSR count). The third-order valence-corrected chi connectivity index (χ3v) is 2.44. The molecule has 0 unspecified atom stereocenters. The Morgan fingerprint density at radius 2 is 1.88 bits per heavy atom. The molecule has 0 radical (unpaired) electrons. The van der Waals surface area contributed by atoms with Gasteiger partial charge in [-0.3, -0.25) is 4.79 Å². The van der Waals surface area contributed by atoms with Crippen LogP contribution in [0.15, 0.2) is 48.5 Å². The van der Waals surface area contributed by atoms with Gasteiger partial charge in [0.05, 0.1) is 0 Å². The normalized spacial score (nSPS) is 11.0. The fourth-order valence-corrected chi connectivity index (χ4v) is 1.70. The number of amides is 1. The van der Waals surface area contributed by atoms with E-state index >= 15 is 0 Å². The molecule has 2 aromatic carbocycles. The van der Waals surface area contributed by atoms with Crippen molar-refractivity contribution in [3.63, 3.8) is 0 Å². The lowest BCUT2D eigenvalue weighted by atomic mass is 10.0. The van der Waals surface area contributed by atoms with E-state index in [1.54, 1.807) is 6.08 Å². The molecule has 0 aromatic heterocycles. The van der Waals surface area contributed by atoms with E-state index in [1.165, 1.54) is 10.8 Å². The van der Waals surface area contributed by atoms with Crippen LogP contribution in [0.3, 0.4) is 0 Å². The molecule has 0 spiro atoms. The molecule has 0 saturated carbocycles. The molecule has 2 aromatic rings. The molecule has 0 aliphatic heterocycles. The first-order valence-corrected chi connectivity index (χ1v) is 5.20. The van der Waals surface area contributed by atoms with Crippen LogP contribution in [-0.2, 0) is 4.79 Å². The van der Waals surface area contributed by atoms with Gasteiger partial charge in [-0.1, -0.05) is 54.6 Å². The number of benzene rings is 2. The van der Waals surface area contributed by atoms with E-state index in [4.69, 9.17) is 5.73 Å². The van der Waals surface area contributed by atoms with Gasteiger partial charge >= 0.3 is 0 Å². The molecule has 0 heterocycles. The van der Waals surface area contributed by atoms with E-state index in [0.29, 0.717) is 0 Å². The van der Waals surface area contributed by atoms with E-state index in [2.05, 4.69) is 18.2 Å². The molecular weight excluding hydrogens is 198 g/mol. The Bertz CT molecular complexity index is 538. The Balaban J connectivity index is 2.37. The minimum Gasteiger partial charge on any atom is -0.369 e. The standard InChI is InChI=1S/C14H13NO/c15-14(16)10-4-8-12-7-3-6-11-5-1-2-9-13(11)12/h1-9H,10H2,(H2,15,16). The number of rotatable bonds is 3. The number of hydrogen-bond acceptors (Lipinski definition) is 1. The average Bonchev–Trinajstić information content (AvgIpc) is 2.29. The molecule has 0 atom stereocenters. The van der Waals surface area contributed by atoms with Crippen LogP contribution in [-0.4, -0.2) is 5.91 Å². The van der Waals surface area contributed by atoms with Crippen molar-refractivity contribution < 1.29 is 4.79 Å². The van der Waals surface area contributed by atoms with Gasteiger partial charge in [0.2, 0.25) is 5.91 Å². The van der Waals surface area contributed by atoms with Gasteiger partial charge in [-0.2, -0.15) is 0 Å². The number of primary amides is 1. The van der Waals surface area contributed by atoms with E-state index < -0.39 is 0 Å². The monoisotopic (exact) mass is 211 g/mol. The summed E-state index contributed by atoms with van der Waals surface area (Å²) in [5.41, 5.74) is 6.19. The summed E-state index contributed by atoms with van der Waals surface area (Å²) in [7, 11) is 0. The Morgan fingerprint density at radius 1 is 1.12 bits per heavy atom. The molecule has 1 amide bonds. The summed E-state index contributed by atoms with van der Waals surface area (Å²) in [5.74, 6) is -0.309. The molecule has 16 heavy (non-hydrogen) atoms. The topological polar surface area (TPSA) is 43.1 Å². The molecule has 2 heteroatoms. The maximum absolute atomic E-state index is 10.6. The number of hydrogen-bond donors (Lipinski definition) is 1. The number of fused-ring (bicyclic) bond motifs is 1. The highest BCUT2D eigenvalue weighted by Gasteiger charge is 1.96. The molecule has 0 fully saturated rings. The van der Waals surface area contributed by atoms with Crippen LogP contribution in [0.4, 0.5) is 0 Å². The summed E-state index contributed by atoms with van der Waals surface area (Å²) >= 11 is 0. The minimum atomic E-state index is -0.309. The minimum absolute atomic E-state index is 0.281. The van der Waals surface area contributed by atoms with Gasteiger partial charge in [0.15, 0.2) is 0 Å². The fourth-order valence-electron chi connectivity index (χ4n) is 1.70. The predicted octanol–water partition coefficient (Wildman–Crippen LogP) is 2.73. The zero-order valence-electron chi connectivity index (χ0n) is 8.89. The zero-order chi connectivity index (χ0) is 11.4. The van der Waals surface area contributed by atoms with E-state index in [9.17, 15) is 4.79 Å². The second-order valence-corrected chi connectivity index (χ2v) is 3.64. The summed E-state index contributed by atoms with van der Waals surface area (Å²) in [6.07, 6.45) is 4.01. The summed E-state index contributed by atoms with van der Waals surface area (Å²) in [6.45, 7) is 0. The number of carbonyl (C=O) groups excluding carboxylic acids is 1. The Hall–Kier alpha value is -2.09. The Kier molecular flexibility index (Phi) is 3.01. The molecule has 0 aliphatic rings. The number of carbonyl (C=O) groups is 1. The first-order chi connectivity index (χ1) is 7.77. The van der Waals surface area contributed by atoms with Crippen LogP contribution in [0.5, 0.6) is 0 Å². The van der Waals surface area contributed by atoms with Crippen molar-refractivity contribution in [3.8, 4) is 0 Å². The molecule has 0 bridgehead atoms. The van der Waals surface area contributed by atoms with Crippen LogP contribution >= 0.6 is 0 Å². The van der Waals surface area contributed by atoms with Crippen molar-refractivity contribution in [2.45, 2.75) is 6.42 Å². The van der Waals surface area contributed by atoms with Crippen LogP contribution in [0.1, 0.15) is 12.0 Å². The van der Waals surface area contributed by atoms with Crippen LogP contribution in [0.25, 0.3) is 16.8 Å². The second-order valence-electron chi connectivity index (χ2n) is 3.64. The molecule has 2 N–H and O–H groups in total. The fraction of sp³-hybridized carbons (Fsp3) is 0.0714. The number of nitrogens with two attached hydrogens (primary N) is 1. The van der Waals surface area contributed by atoms with Gasteiger partial charge in [-0.25, -0.2) is 0 Å². The highest BCUT2D eigenvalue weighted by molar-refractivity contribution is 5.90. The van der Waals surface area contributed by atoms with E-state index in [0.717, 1.165) is 5.56 Å². The van der Waals surface area contributed by atoms with Crippen molar-refractivity contribution in [2.75, 3.05) is 0 Å². The van der Waals surface area contributed by atoms with Crippen LogP contribution in [0.2, 0.25) is 0 Å². The molecular formula is C14H13NO. The average molecular weight is 211 g/mol. The van der Waals surface area contributed by atoms with E-state index in [1.807, 2.05) is 30.3 Å². The SMILES string of the molecule is NC(=O)CC=Cc1cccc2ccccc12. The Morgan fingerprint density at radius 3 is 2.69 bits per heavy atom. The molecule has 80 valence electrons. The second kappa shape index (κ2) is 4.62. The lowest BCUT2D eigenvalue weighted by Crippen LogP contribution is -2.07. The highest BCUT2D eigenvalue weighted by atomic mass is 16.1. The lowest BCUT2D eigenvalue weighted by molar-refractivity contribution is -0.117. The van der Waals surface area contributed by atoms with Gasteiger partial charge in [0.25, 0.3) is 0 Å². The lowest BCUT2D eigenvalue weighted by Gasteiger charge is -2.01. The van der Waals surface area contributed by atoms with Crippen LogP contribution in [0, 0.1) is 0 Å². The van der Waals surface area contributed by atoms with Crippen molar-refractivity contribution >= 4 is 22.8 Å². The molecule has 0 aliphatic carbocycles. The maximum Gasteiger partial charge on any atom is 0.221 e. The Labute approximate surface area is 94.4 Å². The quantitative estimate of drug-likeness (QED) is 0.833. The third-order valence-electron chi connectivity index (χ3n) is 2.44. The van der Waals surface area contributed by atoms with Crippen molar-refractivity contribution in [1.82, 2.24) is 0 Å². The molecule has 2 nitrogen and oxygen atoms in total. The first-order valence-electron chi connectivity index (χ1n) is 5.20. The van der Waals surface area contributed by atoms with E-state index in [-0.39, 0.29) is 12.3 Å². The highest BCUT2D eigenvalue weighted by Crippen LogP contribution is 2.19. The summed E-state index contributed by atoms with van der Waals surface area (Å²) in [5, 5.41) is 2.38. The van der Waals surface area contributed by atoms with Crippen LogP contribution < -0.4 is 5.73 Å². The smallest absolute Gasteiger partial charge is 0.221 e. The van der Waals surface area contributed by atoms with Crippen molar-refractivity contribution in [1.29, 1.82) is 0 Å². The molecule has 0 saturated heterocycles. The summed E-state index contributed by atoms with van der Waals surface area (Å²) < 4.78 is 0. The van der Waals surface area contributed by atoms with Gasteiger partial charge in [0, 0.05) is 6.42 Å². The van der Waals surface area contributed by atoms with Gasteiger partial charge in [-0.15, -0.1) is 0 Å². The third kappa shape index (κ3) is 2.28. The summed E-state index contributed by atoms with van der Waals surface area (Å²) in [6, 6.07) is 14.3. The van der Waals surface area contributed by atoms with Crippen molar-refractivity contribution in [3.05, 3.63) is 54.1 Å². The maximum atomic E-state index is 10.6. The van der Waals surface area contributed by atoms with Gasteiger partial charge in [-0.05, 0) is 16.3 Å². The zero-order valence-corrected chi connectivity index (χ0v) is 8.89.